The number of para-hydroxylation sites is 1. The van der Waals surface area contributed by atoms with Gasteiger partial charge in [-0.05, 0) is 57.2 Å². The Bertz CT molecular complexity index is 790. The number of ether oxygens (including phenoxy) is 1. The van der Waals surface area contributed by atoms with Gasteiger partial charge in [0.05, 0.1) is 0 Å². The Morgan fingerprint density at radius 1 is 1.04 bits per heavy atom. The Balaban J connectivity index is 1.67. The van der Waals surface area contributed by atoms with E-state index in [-0.39, 0.29) is 18.0 Å². The molecule has 1 aliphatic heterocycles. The third-order valence-electron chi connectivity index (χ3n) is 4.46. The molecule has 1 saturated heterocycles. The molecule has 0 bridgehead atoms. The van der Waals surface area contributed by atoms with Crippen molar-refractivity contribution in [2.75, 3.05) is 18.0 Å². The Morgan fingerprint density at radius 2 is 1.67 bits per heavy atom. The summed E-state index contributed by atoms with van der Waals surface area (Å²) in [7, 11) is 0. The molecule has 0 radical (unpaired) electrons. The second-order valence-corrected chi connectivity index (χ2v) is 6.87. The molecule has 1 fully saturated rings. The van der Waals surface area contributed by atoms with Gasteiger partial charge in [-0.3, -0.25) is 4.79 Å². The SMILES string of the molecule is CC(C)NC(=O)N1CCN(c2ccc(Oc3ccccc3)cc2)C(=O)C1C. The molecular formula is C21H25N3O3. The molecule has 0 spiro atoms. The van der Waals surface area contributed by atoms with Crippen LogP contribution in [-0.4, -0.2) is 42.0 Å². The molecular weight excluding hydrogens is 342 g/mol. The largest absolute Gasteiger partial charge is 0.457 e. The van der Waals surface area contributed by atoms with Crippen molar-refractivity contribution in [1.82, 2.24) is 10.2 Å². The standard InChI is InChI=1S/C21H25N3O3/c1-15(2)22-21(26)23-13-14-24(20(25)16(23)3)17-9-11-19(12-10-17)27-18-7-5-4-6-8-18/h4-12,15-16H,13-14H2,1-3H3,(H,22,26). The van der Waals surface area contributed by atoms with E-state index in [4.69, 9.17) is 4.74 Å². The topological polar surface area (TPSA) is 61.9 Å². The second kappa shape index (κ2) is 8.12. The third kappa shape index (κ3) is 4.39. The van der Waals surface area contributed by atoms with Gasteiger partial charge in [0.2, 0.25) is 5.91 Å². The molecule has 3 rings (SSSR count). The van der Waals surface area contributed by atoms with Gasteiger partial charge in [0, 0.05) is 24.8 Å². The van der Waals surface area contributed by atoms with E-state index in [1.165, 1.54) is 0 Å². The van der Waals surface area contributed by atoms with Crippen molar-refractivity contribution in [3.63, 3.8) is 0 Å². The van der Waals surface area contributed by atoms with Crippen LogP contribution in [0.15, 0.2) is 54.6 Å². The number of amides is 3. The molecule has 6 nitrogen and oxygen atoms in total. The molecule has 0 saturated carbocycles. The molecule has 1 unspecified atom stereocenters. The van der Waals surface area contributed by atoms with Crippen molar-refractivity contribution in [3.05, 3.63) is 54.6 Å². The van der Waals surface area contributed by atoms with E-state index in [9.17, 15) is 9.59 Å². The van der Waals surface area contributed by atoms with Crippen molar-refractivity contribution >= 4 is 17.6 Å². The van der Waals surface area contributed by atoms with Gasteiger partial charge in [0.15, 0.2) is 0 Å². The first-order valence-electron chi connectivity index (χ1n) is 9.17. The van der Waals surface area contributed by atoms with Crippen molar-refractivity contribution < 1.29 is 14.3 Å². The zero-order valence-corrected chi connectivity index (χ0v) is 15.9. The maximum atomic E-state index is 12.8. The monoisotopic (exact) mass is 367 g/mol. The van der Waals surface area contributed by atoms with Gasteiger partial charge in [-0.25, -0.2) is 4.79 Å². The fourth-order valence-electron chi connectivity index (χ4n) is 3.05. The predicted molar refractivity (Wildman–Crippen MR) is 105 cm³/mol. The van der Waals surface area contributed by atoms with Crippen LogP contribution in [0.2, 0.25) is 0 Å². The quantitative estimate of drug-likeness (QED) is 0.897. The fourth-order valence-corrected chi connectivity index (χ4v) is 3.05. The summed E-state index contributed by atoms with van der Waals surface area (Å²) in [6, 6.07) is 16.3. The van der Waals surface area contributed by atoms with Crippen molar-refractivity contribution in [2.24, 2.45) is 0 Å². The van der Waals surface area contributed by atoms with Gasteiger partial charge in [-0.2, -0.15) is 0 Å². The highest BCUT2D eigenvalue weighted by Crippen LogP contribution is 2.26. The summed E-state index contributed by atoms with van der Waals surface area (Å²) in [6.07, 6.45) is 0. The molecule has 1 N–H and O–H groups in total. The van der Waals surface area contributed by atoms with Gasteiger partial charge in [-0.1, -0.05) is 18.2 Å². The van der Waals surface area contributed by atoms with Gasteiger partial charge in [0.1, 0.15) is 17.5 Å². The highest BCUT2D eigenvalue weighted by atomic mass is 16.5. The van der Waals surface area contributed by atoms with Crippen LogP contribution >= 0.6 is 0 Å². The summed E-state index contributed by atoms with van der Waals surface area (Å²) in [5.41, 5.74) is 0.802. The highest BCUT2D eigenvalue weighted by molar-refractivity contribution is 6.00. The minimum Gasteiger partial charge on any atom is -0.457 e. The number of rotatable bonds is 4. The number of hydrogen-bond acceptors (Lipinski definition) is 3. The lowest BCUT2D eigenvalue weighted by Gasteiger charge is -2.39. The summed E-state index contributed by atoms with van der Waals surface area (Å²) in [4.78, 5) is 28.3. The van der Waals surface area contributed by atoms with Gasteiger partial charge in [-0.15, -0.1) is 0 Å². The van der Waals surface area contributed by atoms with Crippen LogP contribution in [0.3, 0.4) is 0 Å². The average molecular weight is 367 g/mol. The van der Waals surface area contributed by atoms with Crippen molar-refractivity contribution in [1.29, 1.82) is 0 Å². The van der Waals surface area contributed by atoms with E-state index < -0.39 is 6.04 Å². The lowest BCUT2D eigenvalue weighted by Crippen LogP contribution is -2.60. The Kier molecular flexibility index (Phi) is 5.64. The summed E-state index contributed by atoms with van der Waals surface area (Å²) >= 11 is 0. The van der Waals surface area contributed by atoms with E-state index in [0.29, 0.717) is 18.8 Å². The van der Waals surface area contributed by atoms with Crippen LogP contribution in [0.5, 0.6) is 11.5 Å². The van der Waals surface area contributed by atoms with Crippen LogP contribution in [-0.2, 0) is 4.79 Å². The first-order valence-corrected chi connectivity index (χ1v) is 9.17. The lowest BCUT2D eigenvalue weighted by atomic mass is 10.1. The number of carbonyl (C=O) groups is 2. The minimum atomic E-state index is -0.502. The fraction of sp³-hybridized carbons (Fsp3) is 0.333. The maximum Gasteiger partial charge on any atom is 0.318 e. The molecule has 1 atom stereocenters. The van der Waals surface area contributed by atoms with Crippen molar-refractivity contribution in [3.8, 4) is 11.5 Å². The lowest BCUT2D eigenvalue weighted by molar-refractivity contribution is -0.124. The molecule has 0 aliphatic carbocycles. The number of nitrogens with one attached hydrogen (secondary N) is 1. The maximum absolute atomic E-state index is 12.8. The minimum absolute atomic E-state index is 0.0370. The molecule has 142 valence electrons. The first-order chi connectivity index (χ1) is 13.0. The van der Waals surface area contributed by atoms with E-state index in [1.807, 2.05) is 68.4 Å². The normalized spacial score (nSPS) is 17.2. The number of anilines is 1. The third-order valence-corrected chi connectivity index (χ3v) is 4.46. The summed E-state index contributed by atoms with van der Waals surface area (Å²) < 4.78 is 5.79. The highest BCUT2D eigenvalue weighted by Gasteiger charge is 2.35. The number of benzene rings is 2. The van der Waals surface area contributed by atoms with Crippen LogP contribution in [0.1, 0.15) is 20.8 Å². The molecule has 27 heavy (non-hydrogen) atoms. The summed E-state index contributed by atoms with van der Waals surface area (Å²) in [6.45, 7) is 6.53. The Hall–Kier alpha value is -3.02. The predicted octanol–water partition coefficient (Wildman–Crippen LogP) is 3.63. The Labute approximate surface area is 159 Å². The van der Waals surface area contributed by atoms with Gasteiger partial charge >= 0.3 is 6.03 Å². The van der Waals surface area contributed by atoms with Gasteiger partial charge in [0.25, 0.3) is 0 Å². The number of urea groups is 1. The van der Waals surface area contributed by atoms with E-state index in [2.05, 4.69) is 5.32 Å². The van der Waals surface area contributed by atoms with Crippen LogP contribution in [0.4, 0.5) is 10.5 Å². The Morgan fingerprint density at radius 3 is 2.30 bits per heavy atom. The number of nitrogens with zero attached hydrogens (tertiary/aromatic N) is 2. The number of piperazine rings is 1. The molecule has 1 heterocycles. The van der Waals surface area contributed by atoms with Crippen molar-refractivity contribution in [2.45, 2.75) is 32.9 Å². The van der Waals surface area contributed by atoms with E-state index >= 15 is 0 Å². The van der Waals surface area contributed by atoms with Crippen LogP contribution < -0.4 is 15.0 Å². The average Bonchev–Trinajstić information content (AvgIpc) is 2.65. The van der Waals surface area contributed by atoms with Crippen LogP contribution in [0, 0.1) is 0 Å². The molecule has 6 heteroatoms. The van der Waals surface area contributed by atoms with E-state index in [0.717, 1.165) is 11.4 Å². The van der Waals surface area contributed by atoms with Gasteiger partial charge < -0.3 is 19.9 Å². The zero-order valence-electron chi connectivity index (χ0n) is 15.9. The molecule has 2 aromatic rings. The second-order valence-electron chi connectivity index (χ2n) is 6.87. The zero-order chi connectivity index (χ0) is 19.4. The molecule has 1 aliphatic rings. The summed E-state index contributed by atoms with van der Waals surface area (Å²) in [5.74, 6) is 1.39. The summed E-state index contributed by atoms with van der Waals surface area (Å²) in [5, 5.41) is 2.85. The molecule has 3 amide bonds. The van der Waals surface area contributed by atoms with E-state index in [1.54, 1.807) is 16.7 Å². The smallest absolute Gasteiger partial charge is 0.318 e. The number of hydrogen-bond donors (Lipinski definition) is 1. The van der Waals surface area contributed by atoms with Crippen LogP contribution in [0.25, 0.3) is 0 Å². The first kappa shape index (κ1) is 18.8. The number of carbonyl (C=O) groups excluding carboxylic acids is 2. The molecule has 2 aromatic carbocycles. The molecule has 0 aromatic heterocycles.